The van der Waals surface area contributed by atoms with E-state index >= 15 is 0 Å². The fourth-order valence-corrected chi connectivity index (χ4v) is 5.02. The highest BCUT2D eigenvalue weighted by Gasteiger charge is 2.32. The molecule has 0 amide bonds. The Morgan fingerprint density at radius 2 is 1.78 bits per heavy atom. The summed E-state index contributed by atoms with van der Waals surface area (Å²) in [6.07, 6.45) is 1.59. The largest absolute Gasteiger partial charge is 0.396 e. The first-order valence-electron chi connectivity index (χ1n) is 11.3. The van der Waals surface area contributed by atoms with Gasteiger partial charge in [0.1, 0.15) is 17.2 Å². The normalized spacial score (nSPS) is 12.8. The third-order valence-electron chi connectivity index (χ3n) is 5.71. The maximum atomic E-state index is 14.3. The SMILES string of the molecule is CC(CO)CN(c1c(N)nc(-c2nn(Cc3ccccc3F)c3ncccc23)nc1N)S(=O)(=O)N(C)C. The molecule has 0 fully saturated rings. The molecule has 196 valence electrons. The van der Waals surface area contributed by atoms with Gasteiger partial charge in [-0.15, -0.1) is 0 Å². The summed E-state index contributed by atoms with van der Waals surface area (Å²) >= 11 is 0. The van der Waals surface area contributed by atoms with Crippen molar-refractivity contribution in [3.05, 3.63) is 54.0 Å². The maximum absolute atomic E-state index is 14.3. The summed E-state index contributed by atoms with van der Waals surface area (Å²) in [6, 6.07) is 9.82. The van der Waals surface area contributed by atoms with Gasteiger partial charge >= 0.3 is 10.2 Å². The van der Waals surface area contributed by atoms with Gasteiger partial charge in [-0.1, -0.05) is 25.1 Å². The molecule has 14 heteroatoms. The van der Waals surface area contributed by atoms with Gasteiger partial charge in [0.25, 0.3) is 0 Å². The molecule has 0 aliphatic carbocycles. The van der Waals surface area contributed by atoms with Crippen LogP contribution in [0.15, 0.2) is 42.6 Å². The number of aromatic nitrogens is 5. The zero-order valence-corrected chi connectivity index (χ0v) is 21.4. The predicted octanol–water partition coefficient (Wildman–Crippen LogP) is 1.48. The molecule has 0 spiro atoms. The van der Waals surface area contributed by atoms with Crippen molar-refractivity contribution in [3.8, 4) is 11.5 Å². The summed E-state index contributed by atoms with van der Waals surface area (Å²) in [5.74, 6) is -1.10. The predicted molar refractivity (Wildman–Crippen MR) is 139 cm³/mol. The summed E-state index contributed by atoms with van der Waals surface area (Å²) in [5, 5.41) is 14.7. The first-order valence-corrected chi connectivity index (χ1v) is 12.7. The lowest BCUT2D eigenvalue weighted by atomic mass is 10.2. The van der Waals surface area contributed by atoms with Gasteiger partial charge < -0.3 is 16.6 Å². The molecule has 1 unspecified atom stereocenters. The van der Waals surface area contributed by atoms with E-state index in [1.807, 2.05) is 0 Å². The number of halogens is 1. The molecule has 0 saturated heterocycles. The highest BCUT2D eigenvalue weighted by atomic mass is 32.2. The van der Waals surface area contributed by atoms with E-state index in [4.69, 9.17) is 11.5 Å². The van der Waals surface area contributed by atoms with Crippen molar-refractivity contribution in [2.45, 2.75) is 13.5 Å². The number of anilines is 3. The zero-order valence-electron chi connectivity index (χ0n) is 20.6. The molecule has 1 aromatic carbocycles. The van der Waals surface area contributed by atoms with Gasteiger partial charge in [0.15, 0.2) is 23.1 Å². The number of nitrogens with zero attached hydrogens (tertiary/aromatic N) is 7. The number of nitrogen functional groups attached to an aromatic ring is 2. The number of fused-ring (bicyclic) bond motifs is 1. The maximum Gasteiger partial charge on any atom is 0.303 e. The van der Waals surface area contributed by atoms with Crippen molar-refractivity contribution in [1.29, 1.82) is 0 Å². The van der Waals surface area contributed by atoms with E-state index in [1.165, 1.54) is 24.8 Å². The molecule has 0 aliphatic heterocycles. The molecule has 0 aliphatic rings. The van der Waals surface area contributed by atoms with E-state index in [2.05, 4.69) is 20.1 Å². The summed E-state index contributed by atoms with van der Waals surface area (Å²) in [4.78, 5) is 13.1. The first kappa shape index (κ1) is 26.2. The van der Waals surface area contributed by atoms with Gasteiger partial charge in [-0.3, -0.25) is 0 Å². The summed E-state index contributed by atoms with van der Waals surface area (Å²) < 4.78 is 44.0. The van der Waals surface area contributed by atoms with Crippen LogP contribution in [0.3, 0.4) is 0 Å². The second kappa shape index (κ2) is 10.2. The minimum atomic E-state index is -4.04. The molecule has 12 nitrogen and oxygen atoms in total. The van der Waals surface area contributed by atoms with Gasteiger partial charge in [-0.25, -0.2) is 28.3 Å². The number of hydrogen-bond donors (Lipinski definition) is 3. The van der Waals surface area contributed by atoms with Crippen LogP contribution < -0.4 is 15.8 Å². The first-order chi connectivity index (χ1) is 17.5. The van der Waals surface area contributed by atoms with Crippen LogP contribution in [0.5, 0.6) is 0 Å². The molecule has 3 heterocycles. The Bertz CT molecular complexity index is 1520. The second-order valence-electron chi connectivity index (χ2n) is 8.75. The van der Waals surface area contributed by atoms with Gasteiger partial charge in [-0.2, -0.15) is 17.8 Å². The van der Waals surface area contributed by atoms with Crippen LogP contribution in [0.25, 0.3) is 22.6 Å². The monoisotopic (exact) mass is 529 g/mol. The number of aliphatic hydroxyl groups excluding tert-OH is 1. The molecule has 37 heavy (non-hydrogen) atoms. The summed E-state index contributed by atoms with van der Waals surface area (Å²) in [5.41, 5.74) is 13.6. The quantitative estimate of drug-likeness (QED) is 0.291. The lowest BCUT2D eigenvalue weighted by Gasteiger charge is -2.30. The smallest absolute Gasteiger partial charge is 0.303 e. The van der Waals surface area contributed by atoms with Crippen molar-refractivity contribution < 1.29 is 17.9 Å². The standard InChI is InChI=1S/C23H28FN9O3S/c1-14(13-34)11-33(37(35,36)31(2)3)19-20(25)28-22(29-21(19)26)18-16-8-6-10-27-23(16)32(30-18)12-15-7-4-5-9-17(15)24/h4-10,14,34H,11-13H2,1-3H3,(H4,25,26,28,29). The Balaban J connectivity index is 1.83. The number of nitrogens with two attached hydrogens (primary N) is 2. The number of pyridine rings is 1. The molecular weight excluding hydrogens is 501 g/mol. The topological polar surface area (TPSA) is 169 Å². The molecular formula is C23H28FN9O3S. The Labute approximate surface area is 213 Å². The van der Waals surface area contributed by atoms with Crippen molar-refractivity contribution in [2.75, 3.05) is 43.0 Å². The van der Waals surface area contributed by atoms with E-state index < -0.39 is 16.1 Å². The highest BCUT2D eigenvalue weighted by Crippen LogP contribution is 2.34. The minimum absolute atomic E-state index is 0.0569. The van der Waals surface area contributed by atoms with Crippen LogP contribution in [-0.2, 0) is 16.8 Å². The third kappa shape index (κ3) is 5.03. The summed E-state index contributed by atoms with van der Waals surface area (Å²) in [6.45, 7) is 1.44. The van der Waals surface area contributed by atoms with E-state index in [0.29, 0.717) is 22.3 Å². The minimum Gasteiger partial charge on any atom is -0.396 e. The van der Waals surface area contributed by atoms with Crippen molar-refractivity contribution in [2.24, 2.45) is 5.92 Å². The fraction of sp³-hybridized carbons (Fsp3) is 0.304. The number of hydrogen-bond acceptors (Lipinski definition) is 9. The van der Waals surface area contributed by atoms with Crippen molar-refractivity contribution in [1.82, 2.24) is 29.0 Å². The number of aliphatic hydroxyl groups is 1. The molecule has 4 aromatic rings. The lowest BCUT2D eigenvalue weighted by molar-refractivity contribution is 0.241. The van der Waals surface area contributed by atoms with Crippen LogP contribution >= 0.6 is 0 Å². The van der Waals surface area contributed by atoms with Crippen LogP contribution in [-0.4, -0.2) is 69.8 Å². The van der Waals surface area contributed by atoms with E-state index in [1.54, 1.807) is 43.5 Å². The number of rotatable bonds is 9. The third-order valence-corrected chi connectivity index (χ3v) is 7.52. The zero-order chi connectivity index (χ0) is 26.9. The molecule has 5 N–H and O–H groups in total. The van der Waals surface area contributed by atoms with E-state index in [0.717, 1.165) is 8.61 Å². The second-order valence-corrected chi connectivity index (χ2v) is 10.8. The average Bonchev–Trinajstić information content (AvgIpc) is 3.22. The van der Waals surface area contributed by atoms with Crippen LogP contribution in [0, 0.1) is 11.7 Å². The van der Waals surface area contributed by atoms with Gasteiger partial charge in [0, 0.05) is 39.0 Å². The van der Waals surface area contributed by atoms with Gasteiger partial charge in [0.2, 0.25) is 0 Å². The van der Waals surface area contributed by atoms with E-state index in [9.17, 15) is 17.9 Å². The molecule has 3 aromatic heterocycles. The van der Waals surface area contributed by atoms with Crippen LogP contribution in [0.4, 0.5) is 21.7 Å². The molecule has 0 bridgehead atoms. The molecule has 1 atom stereocenters. The number of benzene rings is 1. The Morgan fingerprint density at radius 3 is 2.41 bits per heavy atom. The molecule has 4 rings (SSSR count). The Hall–Kier alpha value is -3.88. The molecule has 0 radical (unpaired) electrons. The van der Waals surface area contributed by atoms with Gasteiger partial charge in [0.05, 0.1) is 11.9 Å². The Morgan fingerprint density at radius 1 is 1.11 bits per heavy atom. The Kier molecular flexibility index (Phi) is 7.25. The van der Waals surface area contributed by atoms with Crippen molar-refractivity contribution in [3.63, 3.8) is 0 Å². The molecule has 0 saturated carbocycles. The summed E-state index contributed by atoms with van der Waals surface area (Å²) in [7, 11) is -1.30. The van der Waals surface area contributed by atoms with E-state index in [-0.39, 0.29) is 48.7 Å². The lowest BCUT2D eigenvalue weighted by Crippen LogP contribution is -2.43. The van der Waals surface area contributed by atoms with Gasteiger partial charge in [-0.05, 0) is 24.1 Å². The highest BCUT2D eigenvalue weighted by molar-refractivity contribution is 7.90. The van der Waals surface area contributed by atoms with Crippen LogP contribution in [0.2, 0.25) is 0 Å². The average molecular weight is 530 g/mol. The fourth-order valence-electron chi connectivity index (χ4n) is 3.76. The van der Waals surface area contributed by atoms with Crippen LogP contribution in [0.1, 0.15) is 12.5 Å². The van der Waals surface area contributed by atoms with Crippen molar-refractivity contribution >= 4 is 38.6 Å².